The van der Waals surface area contributed by atoms with Gasteiger partial charge in [-0.25, -0.2) is 0 Å². The largest absolute Gasteiger partial charge is 0.496 e. The van der Waals surface area contributed by atoms with Crippen molar-refractivity contribution in [2.75, 3.05) is 12.5 Å². The van der Waals surface area contributed by atoms with Gasteiger partial charge in [0.05, 0.1) is 17.9 Å². The summed E-state index contributed by atoms with van der Waals surface area (Å²) >= 11 is 0. The highest BCUT2D eigenvalue weighted by Gasteiger charge is 2.20. The van der Waals surface area contributed by atoms with E-state index in [0.29, 0.717) is 17.0 Å². The van der Waals surface area contributed by atoms with Gasteiger partial charge in [0.15, 0.2) is 0 Å². The van der Waals surface area contributed by atoms with Gasteiger partial charge in [-0.3, -0.25) is 0 Å². The van der Waals surface area contributed by atoms with Gasteiger partial charge < -0.3 is 14.9 Å². The van der Waals surface area contributed by atoms with Crippen LogP contribution in [0.15, 0.2) is 59.7 Å². The Morgan fingerprint density at radius 2 is 1.80 bits per heavy atom. The molecule has 0 saturated heterocycles. The summed E-state index contributed by atoms with van der Waals surface area (Å²) in [5.41, 5.74) is 3.66. The van der Waals surface area contributed by atoms with E-state index in [1.54, 1.807) is 36.4 Å². The molecule has 0 saturated carbocycles. The molecule has 0 spiro atoms. The summed E-state index contributed by atoms with van der Waals surface area (Å²) in [6.07, 6.45) is 0. The summed E-state index contributed by atoms with van der Waals surface area (Å²) in [7, 11) is 1.46. The van der Waals surface area contributed by atoms with Gasteiger partial charge >= 0.3 is 5.84 Å². The van der Waals surface area contributed by atoms with E-state index in [9.17, 15) is 10.1 Å². The van der Waals surface area contributed by atoms with Gasteiger partial charge in [0.2, 0.25) is 0 Å². The quantitative estimate of drug-likeness (QED) is 0.401. The van der Waals surface area contributed by atoms with Crippen LogP contribution in [-0.2, 0) is 0 Å². The number of amidine groups is 1. The molecule has 0 fully saturated rings. The summed E-state index contributed by atoms with van der Waals surface area (Å²) in [6, 6.07) is 15.7. The maximum absolute atomic E-state index is 11.2. The van der Waals surface area contributed by atoms with Crippen LogP contribution in [0.4, 0.5) is 5.69 Å². The Bertz CT molecular complexity index is 627. The van der Waals surface area contributed by atoms with Crippen LogP contribution in [0.5, 0.6) is 5.75 Å². The van der Waals surface area contributed by atoms with E-state index in [4.69, 9.17) is 4.74 Å². The topological polar surface area (TPSA) is 76.8 Å². The zero-order chi connectivity index (χ0) is 14.4. The Balaban J connectivity index is 2.34. The SMILES string of the molecule is COc1ccccc1/C(=N/Nc1ccccc1)[N+](=O)[O-]. The van der Waals surface area contributed by atoms with Crippen molar-refractivity contribution in [3.05, 3.63) is 70.3 Å². The van der Waals surface area contributed by atoms with Gasteiger partial charge in [-0.15, -0.1) is 0 Å². The first-order chi connectivity index (χ1) is 9.72. The van der Waals surface area contributed by atoms with E-state index in [1.165, 1.54) is 7.11 Å². The van der Waals surface area contributed by atoms with Crippen molar-refractivity contribution in [1.82, 2.24) is 0 Å². The van der Waals surface area contributed by atoms with Gasteiger partial charge in [0, 0.05) is 0 Å². The second-order valence-electron chi connectivity index (χ2n) is 3.87. The van der Waals surface area contributed by atoms with Crippen molar-refractivity contribution in [2.24, 2.45) is 5.10 Å². The lowest BCUT2D eigenvalue weighted by Gasteiger charge is -2.05. The lowest BCUT2D eigenvalue weighted by atomic mass is 10.2. The highest BCUT2D eigenvalue weighted by molar-refractivity contribution is 5.95. The van der Waals surface area contributed by atoms with Crippen LogP contribution in [0, 0.1) is 10.1 Å². The molecule has 102 valence electrons. The minimum Gasteiger partial charge on any atom is -0.496 e. The smallest absolute Gasteiger partial charge is 0.399 e. The number of rotatable bonds is 4. The minimum absolute atomic E-state index is 0.300. The van der Waals surface area contributed by atoms with E-state index in [0.717, 1.165) is 0 Å². The van der Waals surface area contributed by atoms with Crippen molar-refractivity contribution in [3.63, 3.8) is 0 Å². The highest BCUT2D eigenvalue weighted by atomic mass is 16.6. The predicted octanol–water partition coefficient (Wildman–Crippen LogP) is 2.75. The zero-order valence-corrected chi connectivity index (χ0v) is 10.8. The Morgan fingerprint density at radius 1 is 1.15 bits per heavy atom. The summed E-state index contributed by atoms with van der Waals surface area (Å²) < 4.78 is 5.12. The first-order valence-corrected chi connectivity index (χ1v) is 5.89. The Kier molecular flexibility index (Phi) is 4.28. The number of ether oxygens (including phenoxy) is 1. The Hall–Kier alpha value is -2.89. The molecule has 1 N–H and O–H groups in total. The average molecular weight is 271 g/mol. The number of methoxy groups -OCH3 is 1. The number of hydrazone groups is 1. The van der Waals surface area contributed by atoms with Crippen LogP contribution in [0.2, 0.25) is 0 Å². The molecule has 2 aromatic rings. The van der Waals surface area contributed by atoms with Gasteiger partial charge in [-0.1, -0.05) is 30.3 Å². The van der Waals surface area contributed by atoms with E-state index < -0.39 is 4.92 Å². The Morgan fingerprint density at radius 3 is 2.45 bits per heavy atom. The number of nitrogens with one attached hydrogen (secondary N) is 1. The summed E-state index contributed by atoms with van der Waals surface area (Å²) in [6.45, 7) is 0. The first-order valence-electron chi connectivity index (χ1n) is 5.89. The van der Waals surface area contributed by atoms with E-state index >= 15 is 0 Å². The molecule has 6 nitrogen and oxygen atoms in total. The lowest BCUT2D eigenvalue weighted by molar-refractivity contribution is -0.349. The maximum Gasteiger partial charge on any atom is 0.399 e. The van der Waals surface area contributed by atoms with Crippen molar-refractivity contribution in [3.8, 4) is 5.75 Å². The second kappa shape index (κ2) is 6.33. The molecule has 2 aromatic carbocycles. The molecule has 0 aliphatic heterocycles. The third-order valence-electron chi connectivity index (χ3n) is 2.59. The van der Waals surface area contributed by atoms with Crippen LogP contribution in [0.3, 0.4) is 0 Å². The van der Waals surface area contributed by atoms with E-state index in [-0.39, 0.29) is 5.84 Å². The number of benzene rings is 2. The Labute approximate surface area is 115 Å². The van der Waals surface area contributed by atoms with Crippen LogP contribution in [0.1, 0.15) is 5.56 Å². The van der Waals surface area contributed by atoms with Gasteiger partial charge in [0.25, 0.3) is 0 Å². The third kappa shape index (κ3) is 3.11. The van der Waals surface area contributed by atoms with Crippen LogP contribution >= 0.6 is 0 Å². The van der Waals surface area contributed by atoms with Crippen LogP contribution in [0.25, 0.3) is 0 Å². The molecule has 20 heavy (non-hydrogen) atoms. The molecule has 0 aromatic heterocycles. The third-order valence-corrected chi connectivity index (χ3v) is 2.59. The molecule has 6 heteroatoms. The molecule has 0 aliphatic rings. The standard InChI is InChI=1S/C14H13N3O3/c1-20-13-10-6-5-9-12(13)14(17(18)19)16-15-11-7-3-2-4-8-11/h2-10,15H,1H3/b16-14-. The van der Waals surface area contributed by atoms with Crippen molar-refractivity contribution in [2.45, 2.75) is 0 Å². The van der Waals surface area contributed by atoms with Gasteiger partial charge in [-0.2, -0.15) is 5.43 Å². The maximum atomic E-state index is 11.2. The predicted molar refractivity (Wildman–Crippen MR) is 76.6 cm³/mol. The number of hydrogen-bond donors (Lipinski definition) is 1. The number of nitrogens with zero attached hydrogens (tertiary/aromatic N) is 2. The van der Waals surface area contributed by atoms with Crippen LogP contribution in [-0.4, -0.2) is 17.9 Å². The second-order valence-corrected chi connectivity index (χ2v) is 3.87. The fraction of sp³-hybridized carbons (Fsp3) is 0.0714. The fourth-order valence-electron chi connectivity index (χ4n) is 1.66. The van der Waals surface area contributed by atoms with Crippen molar-refractivity contribution in [1.29, 1.82) is 0 Å². The minimum atomic E-state index is -0.548. The van der Waals surface area contributed by atoms with Gasteiger partial charge in [-0.05, 0) is 29.2 Å². The first kappa shape index (κ1) is 13.5. The molecule has 0 radical (unpaired) electrons. The average Bonchev–Trinajstić information content (AvgIpc) is 2.48. The number of para-hydroxylation sites is 2. The molecule has 0 heterocycles. The summed E-state index contributed by atoms with van der Waals surface area (Å²) in [4.78, 5) is 10.6. The molecule has 0 aliphatic carbocycles. The molecule has 2 rings (SSSR count). The van der Waals surface area contributed by atoms with Crippen LogP contribution < -0.4 is 10.2 Å². The molecule has 0 bridgehead atoms. The molecule has 0 atom stereocenters. The number of anilines is 1. The monoisotopic (exact) mass is 271 g/mol. The highest BCUT2D eigenvalue weighted by Crippen LogP contribution is 2.19. The van der Waals surface area contributed by atoms with Crippen molar-refractivity contribution < 1.29 is 9.66 Å². The molecular weight excluding hydrogens is 258 g/mol. The van der Waals surface area contributed by atoms with E-state index in [1.807, 2.05) is 18.2 Å². The lowest BCUT2D eigenvalue weighted by Crippen LogP contribution is -2.16. The molecular formula is C14H13N3O3. The van der Waals surface area contributed by atoms with Crippen molar-refractivity contribution >= 4 is 11.5 Å². The number of nitro groups is 1. The van der Waals surface area contributed by atoms with E-state index in [2.05, 4.69) is 10.5 Å². The normalized spacial score (nSPS) is 10.9. The zero-order valence-electron chi connectivity index (χ0n) is 10.8. The molecule has 0 unspecified atom stereocenters. The summed E-state index contributed by atoms with van der Waals surface area (Å²) in [5.74, 6) is 0.101. The molecule has 0 amide bonds. The fourth-order valence-corrected chi connectivity index (χ4v) is 1.66. The van der Waals surface area contributed by atoms with Gasteiger partial charge in [0.1, 0.15) is 11.3 Å². The number of hydrogen-bond acceptors (Lipinski definition) is 5. The summed E-state index contributed by atoms with van der Waals surface area (Å²) in [5, 5.41) is 15.0.